The Kier molecular flexibility index (Phi) is 5.11. The Morgan fingerprint density at radius 3 is 2.44 bits per heavy atom. The van der Waals surface area contributed by atoms with E-state index in [1.54, 1.807) is 19.5 Å². The molecule has 1 heterocycles. The zero-order chi connectivity index (χ0) is 13.8. The van der Waals surface area contributed by atoms with E-state index in [-0.39, 0.29) is 18.6 Å². The highest BCUT2D eigenvalue weighted by atomic mass is 16.5. The molecule has 1 aromatic rings. The molecule has 0 radical (unpaired) electrons. The minimum atomic E-state index is -1.04. The van der Waals surface area contributed by atoms with Gasteiger partial charge in [-0.25, -0.2) is 0 Å². The van der Waals surface area contributed by atoms with Crippen LogP contribution in [0.2, 0.25) is 0 Å². The van der Waals surface area contributed by atoms with E-state index in [0.717, 1.165) is 5.56 Å². The minimum Gasteiger partial charge on any atom is -0.489 e. The Morgan fingerprint density at radius 2 is 1.94 bits per heavy atom. The first-order chi connectivity index (χ1) is 8.40. The van der Waals surface area contributed by atoms with Gasteiger partial charge in [0.1, 0.15) is 11.4 Å². The Morgan fingerprint density at radius 1 is 1.28 bits per heavy atom. The van der Waals surface area contributed by atoms with Gasteiger partial charge in [-0.15, -0.1) is 0 Å². The van der Waals surface area contributed by atoms with Gasteiger partial charge < -0.3 is 14.6 Å². The van der Waals surface area contributed by atoms with Gasteiger partial charge in [-0.2, -0.15) is 0 Å². The predicted molar refractivity (Wildman–Crippen MR) is 70.6 cm³/mol. The molecule has 18 heavy (non-hydrogen) atoms. The highest BCUT2D eigenvalue weighted by molar-refractivity contribution is 5.29. The number of methoxy groups -OCH3 is 1. The smallest absolute Gasteiger partial charge is 0.138 e. The van der Waals surface area contributed by atoms with E-state index in [9.17, 15) is 5.11 Å². The molecule has 4 heteroatoms. The monoisotopic (exact) mass is 253 g/mol. The lowest BCUT2D eigenvalue weighted by atomic mass is 9.85. The summed E-state index contributed by atoms with van der Waals surface area (Å²) in [6, 6.07) is 1.83. The van der Waals surface area contributed by atoms with Crippen molar-refractivity contribution in [3.63, 3.8) is 0 Å². The number of nitrogens with zero attached hydrogens (tertiary/aromatic N) is 1. The third-order valence-electron chi connectivity index (χ3n) is 2.90. The van der Waals surface area contributed by atoms with Gasteiger partial charge in [-0.1, -0.05) is 13.8 Å². The molecule has 0 aliphatic carbocycles. The molecule has 1 rings (SSSR count). The molecular formula is C14H23NO3. The highest BCUT2D eigenvalue weighted by Crippen LogP contribution is 2.31. The first-order valence-corrected chi connectivity index (χ1v) is 6.23. The Labute approximate surface area is 109 Å². The lowest BCUT2D eigenvalue weighted by molar-refractivity contribution is -0.0704. The third-order valence-corrected chi connectivity index (χ3v) is 2.90. The number of ether oxygens (including phenoxy) is 2. The van der Waals surface area contributed by atoms with E-state index < -0.39 is 5.60 Å². The molecule has 0 bridgehead atoms. The normalized spacial score (nSPS) is 14.9. The summed E-state index contributed by atoms with van der Waals surface area (Å²) in [6.45, 7) is 8.05. The summed E-state index contributed by atoms with van der Waals surface area (Å²) in [4.78, 5) is 4.13. The number of rotatable bonds is 6. The summed E-state index contributed by atoms with van der Waals surface area (Å²) in [7, 11) is 1.58. The summed E-state index contributed by atoms with van der Waals surface area (Å²) >= 11 is 0. The van der Waals surface area contributed by atoms with Gasteiger partial charge >= 0.3 is 0 Å². The first-order valence-electron chi connectivity index (χ1n) is 6.23. The Balaban J connectivity index is 3.05. The van der Waals surface area contributed by atoms with E-state index in [0.29, 0.717) is 5.75 Å². The topological polar surface area (TPSA) is 51.6 Å². The summed E-state index contributed by atoms with van der Waals surface area (Å²) in [5.41, 5.74) is -0.324. The maximum absolute atomic E-state index is 10.7. The van der Waals surface area contributed by atoms with Crippen LogP contribution < -0.4 is 4.74 Å². The SMILES string of the molecule is COCC(O)(c1cncc(OC(C)C)c1)C(C)C. The number of hydrogen-bond acceptors (Lipinski definition) is 4. The second-order valence-corrected chi connectivity index (χ2v) is 5.09. The molecule has 0 aliphatic rings. The van der Waals surface area contributed by atoms with Crippen molar-refractivity contribution in [2.75, 3.05) is 13.7 Å². The molecule has 0 saturated carbocycles. The maximum Gasteiger partial charge on any atom is 0.138 e. The predicted octanol–water partition coefficient (Wildman–Crippen LogP) is 2.36. The molecule has 0 fully saturated rings. The average Bonchev–Trinajstić information content (AvgIpc) is 2.28. The highest BCUT2D eigenvalue weighted by Gasteiger charge is 2.34. The maximum atomic E-state index is 10.7. The second kappa shape index (κ2) is 6.16. The van der Waals surface area contributed by atoms with E-state index in [4.69, 9.17) is 9.47 Å². The molecule has 1 aromatic heterocycles. The van der Waals surface area contributed by atoms with Crippen LogP contribution in [0, 0.1) is 5.92 Å². The van der Waals surface area contributed by atoms with Crippen molar-refractivity contribution in [1.82, 2.24) is 4.98 Å². The van der Waals surface area contributed by atoms with Crippen LogP contribution in [-0.2, 0) is 10.3 Å². The molecule has 1 atom stereocenters. The largest absolute Gasteiger partial charge is 0.489 e. The van der Waals surface area contributed by atoms with E-state index in [1.165, 1.54) is 0 Å². The van der Waals surface area contributed by atoms with Crippen LogP contribution in [0.5, 0.6) is 5.75 Å². The second-order valence-electron chi connectivity index (χ2n) is 5.09. The fourth-order valence-corrected chi connectivity index (χ4v) is 1.80. The average molecular weight is 253 g/mol. The molecule has 0 aromatic carbocycles. The molecule has 0 amide bonds. The fourth-order valence-electron chi connectivity index (χ4n) is 1.80. The molecule has 4 nitrogen and oxygen atoms in total. The van der Waals surface area contributed by atoms with Crippen LogP contribution in [-0.4, -0.2) is 29.9 Å². The summed E-state index contributed by atoms with van der Waals surface area (Å²) < 4.78 is 10.7. The van der Waals surface area contributed by atoms with Gasteiger partial charge in [0.05, 0.1) is 18.9 Å². The van der Waals surface area contributed by atoms with Gasteiger partial charge in [0.2, 0.25) is 0 Å². The van der Waals surface area contributed by atoms with Gasteiger partial charge in [0.25, 0.3) is 0 Å². The molecule has 1 unspecified atom stereocenters. The van der Waals surface area contributed by atoms with Crippen LogP contribution in [0.3, 0.4) is 0 Å². The van der Waals surface area contributed by atoms with E-state index >= 15 is 0 Å². The van der Waals surface area contributed by atoms with Crippen molar-refractivity contribution in [2.24, 2.45) is 5.92 Å². The Bertz CT molecular complexity index is 379. The molecule has 1 N–H and O–H groups in total. The fraction of sp³-hybridized carbons (Fsp3) is 0.643. The van der Waals surface area contributed by atoms with Crippen molar-refractivity contribution >= 4 is 0 Å². The van der Waals surface area contributed by atoms with Crippen LogP contribution in [0.4, 0.5) is 0 Å². The van der Waals surface area contributed by atoms with E-state index in [2.05, 4.69) is 4.98 Å². The first kappa shape index (κ1) is 14.9. The molecule has 0 aliphatic heterocycles. The lowest BCUT2D eigenvalue weighted by Crippen LogP contribution is -2.37. The van der Waals surface area contributed by atoms with Crippen LogP contribution in [0.25, 0.3) is 0 Å². The molecule has 102 valence electrons. The number of aromatic nitrogens is 1. The number of pyridine rings is 1. The summed E-state index contributed by atoms with van der Waals surface area (Å²) in [6.07, 6.45) is 3.39. The summed E-state index contributed by atoms with van der Waals surface area (Å²) in [5.74, 6) is 0.686. The molecule has 0 spiro atoms. The van der Waals surface area contributed by atoms with Crippen molar-refractivity contribution in [2.45, 2.75) is 39.4 Å². The quantitative estimate of drug-likeness (QED) is 0.845. The summed E-state index contributed by atoms with van der Waals surface area (Å²) in [5, 5.41) is 10.7. The van der Waals surface area contributed by atoms with Gasteiger partial charge in [0.15, 0.2) is 0 Å². The van der Waals surface area contributed by atoms with Gasteiger partial charge in [-0.3, -0.25) is 4.98 Å². The van der Waals surface area contributed by atoms with Gasteiger partial charge in [0, 0.05) is 18.9 Å². The Hall–Kier alpha value is -1.13. The van der Waals surface area contributed by atoms with Crippen molar-refractivity contribution < 1.29 is 14.6 Å². The number of hydrogen-bond donors (Lipinski definition) is 1. The van der Waals surface area contributed by atoms with E-state index in [1.807, 2.05) is 33.8 Å². The zero-order valence-electron chi connectivity index (χ0n) is 11.8. The van der Waals surface area contributed by atoms with Crippen molar-refractivity contribution in [3.8, 4) is 5.75 Å². The van der Waals surface area contributed by atoms with Crippen LogP contribution in [0.15, 0.2) is 18.5 Å². The minimum absolute atomic E-state index is 0.0218. The number of aliphatic hydroxyl groups is 1. The standard InChI is InChI=1S/C14H23NO3/c1-10(2)14(16,9-17-5)12-6-13(8-15-7-12)18-11(3)4/h6-8,10-11,16H,9H2,1-5H3. The molecule has 0 saturated heterocycles. The third kappa shape index (κ3) is 3.43. The van der Waals surface area contributed by atoms with Crippen molar-refractivity contribution in [3.05, 3.63) is 24.0 Å². The van der Waals surface area contributed by atoms with Gasteiger partial charge in [-0.05, 0) is 25.8 Å². The van der Waals surface area contributed by atoms with Crippen LogP contribution >= 0.6 is 0 Å². The van der Waals surface area contributed by atoms with Crippen molar-refractivity contribution in [1.29, 1.82) is 0 Å². The van der Waals surface area contributed by atoms with Crippen LogP contribution in [0.1, 0.15) is 33.3 Å². The zero-order valence-corrected chi connectivity index (χ0v) is 11.8. The lowest BCUT2D eigenvalue weighted by Gasteiger charge is -2.31. The molecular weight excluding hydrogens is 230 g/mol.